The molecular weight excluding hydrogens is 755 g/mol. The van der Waals surface area contributed by atoms with Crippen molar-refractivity contribution in [3.63, 3.8) is 0 Å². The highest BCUT2D eigenvalue weighted by atomic mass is 15.0. The van der Waals surface area contributed by atoms with Crippen molar-refractivity contribution in [1.29, 1.82) is 5.26 Å². The van der Waals surface area contributed by atoms with Crippen LogP contribution < -0.4 is 0 Å². The largest absolute Gasteiger partial charge is 0.238 e. The van der Waals surface area contributed by atoms with E-state index in [1.54, 1.807) is 0 Å². The van der Waals surface area contributed by atoms with Gasteiger partial charge >= 0.3 is 0 Å². The highest BCUT2D eigenvalue weighted by Gasteiger charge is 2.23. The molecule has 5 nitrogen and oxygen atoms in total. The molecule has 9 aromatic carbocycles. The monoisotopic (exact) mass is 787 g/mol. The maximum atomic E-state index is 10.2. The summed E-state index contributed by atoms with van der Waals surface area (Å²) in [6.07, 6.45) is 0. The average Bonchev–Trinajstić information content (AvgIpc) is 3.68. The maximum absolute atomic E-state index is 10.2. The fourth-order valence-electron chi connectivity index (χ4n) is 8.79. The first-order chi connectivity index (χ1) is 30.6. The molecule has 1 aliphatic rings. The van der Waals surface area contributed by atoms with Crippen LogP contribution in [0.1, 0.15) is 5.56 Å². The lowest BCUT2D eigenvalue weighted by Crippen LogP contribution is -2.00. The van der Waals surface area contributed by atoms with Crippen molar-refractivity contribution in [2.24, 2.45) is 0 Å². The van der Waals surface area contributed by atoms with Gasteiger partial charge in [0, 0.05) is 16.7 Å². The van der Waals surface area contributed by atoms with Crippen molar-refractivity contribution in [2.45, 2.75) is 0 Å². The Bertz CT molecular complexity index is 3490. The van der Waals surface area contributed by atoms with E-state index in [9.17, 15) is 5.26 Å². The van der Waals surface area contributed by atoms with Gasteiger partial charge in [0.05, 0.1) is 18.2 Å². The minimum Gasteiger partial charge on any atom is -0.238 e. The summed E-state index contributed by atoms with van der Waals surface area (Å²) in [4.78, 5) is 18.9. The molecule has 11 rings (SSSR count). The number of fused-ring (bicyclic) bond motifs is 3. The lowest BCUT2D eigenvalue weighted by Gasteiger charge is -2.15. The Labute approximate surface area is 359 Å². The summed E-state index contributed by atoms with van der Waals surface area (Å²) in [5.41, 5.74) is 16.4. The van der Waals surface area contributed by atoms with E-state index in [0.717, 1.165) is 61.2 Å². The highest BCUT2D eigenvalue weighted by molar-refractivity contribution is 6.16. The molecule has 0 aliphatic heterocycles. The molecule has 0 unspecified atom stereocenters. The van der Waals surface area contributed by atoms with E-state index >= 15 is 0 Å². The van der Waals surface area contributed by atoms with Crippen LogP contribution in [0, 0.1) is 17.9 Å². The lowest BCUT2D eigenvalue weighted by atomic mass is 9.89. The number of aromatic nitrogens is 3. The van der Waals surface area contributed by atoms with Crippen molar-refractivity contribution in [1.82, 2.24) is 15.0 Å². The van der Waals surface area contributed by atoms with Gasteiger partial charge in [-0.3, -0.25) is 0 Å². The van der Waals surface area contributed by atoms with Crippen LogP contribution >= 0.6 is 0 Å². The Balaban J connectivity index is 1.01. The van der Waals surface area contributed by atoms with E-state index in [4.69, 9.17) is 21.5 Å². The van der Waals surface area contributed by atoms with Crippen molar-refractivity contribution in [2.75, 3.05) is 0 Å². The molecule has 0 fully saturated rings. The maximum Gasteiger partial charge on any atom is 0.188 e. The summed E-state index contributed by atoms with van der Waals surface area (Å²) in [5, 5.41) is 12.7. The van der Waals surface area contributed by atoms with Crippen LogP contribution in [-0.2, 0) is 0 Å². The minimum absolute atomic E-state index is 0.469. The van der Waals surface area contributed by atoms with Crippen LogP contribution in [0.4, 0.5) is 5.69 Å². The molecule has 1 aromatic heterocycles. The van der Waals surface area contributed by atoms with Gasteiger partial charge < -0.3 is 0 Å². The number of nitrogens with zero attached hydrogens (tertiary/aromatic N) is 5. The molecule has 0 radical (unpaired) electrons. The molecule has 0 N–H and O–H groups in total. The Morgan fingerprint density at radius 1 is 0.355 bits per heavy atom. The fraction of sp³-hybridized carbons (Fsp3) is 0. The van der Waals surface area contributed by atoms with Gasteiger partial charge in [0.1, 0.15) is 0 Å². The molecule has 5 heteroatoms. The minimum atomic E-state index is 0.469. The third-order valence-electron chi connectivity index (χ3n) is 11.7. The zero-order valence-electron chi connectivity index (χ0n) is 33.3. The summed E-state index contributed by atoms with van der Waals surface area (Å²) < 4.78 is 0. The van der Waals surface area contributed by atoms with Gasteiger partial charge in [-0.2, -0.15) is 5.26 Å². The number of hydrogen-bond donors (Lipinski definition) is 0. The first kappa shape index (κ1) is 36.3. The first-order valence-electron chi connectivity index (χ1n) is 20.4. The van der Waals surface area contributed by atoms with E-state index in [2.05, 4.69) is 108 Å². The Morgan fingerprint density at radius 3 is 1.56 bits per heavy atom. The van der Waals surface area contributed by atoms with Gasteiger partial charge in [-0.1, -0.05) is 158 Å². The summed E-state index contributed by atoms with van der Waals surface area (Å²) in [6, 6.07) is 70.5. The second kappa shape index (κ2) is 15.1. The molecule has 0 spiro atoms. The van der Waals surface area contributed by atoms with Crippen LogP contribution in [0.25, 0.3) is 117 Å². The second-order valence-corrected chi connectivity index (χ2v) is 15.4. The Morgan fingerprint density at radius 2 is 0.871 bits per heavy atom. The van der Waals surface area contributed by atoms with Crippen molar-refractivity contribution in [3.8, 4) is 107 Å². The number of hydrogen-bond acceptors (Lipinski definition) is 4. The predicted molar refractivity (Wildman–Crippen MR) is 251 cm³/mol. The quantitative estimate of drug-likeness (QED) is 0.151. The van der Waals surface area contributed by atoms with Crippen LogP contribution in [0.5, 0.6) is 0 Å². The van der Waals surface area contributed by atoms with E-state index in [1.165, 1.54) is 33.0 Å². The van der Waals surface area contributed by atoms with Gasteiger partial charge in [0.15, 0.2) is 23.2 Å². The zero-order valence-corrected chi connectivity index (χ0v) is 33.3. The van der Waals surface area contributed by atoms with Crippen LogP contribution in [0.2, 0.25) is 0 Å². The third-order valence-corrected chi connectivity index (χ3v) is 11.7. The molecule has 286 valence electrons. The van der Waals surface area contributed by atoms with Crippen LogP contribution in [0.15, 0.2) is 200 Å². The third kappa shape index (κ3) is 6.39. The highest BCUT2D eigenvalue weighted by Crippen LogP contribution is 2.49. The van der Waals surface area contributed by atoms with Crippen molar-refractivity contribution in [3.05, 3.63) is 217 Å². The first-order valence-corrected chi connectivity index (χ1v) is 20.4. The summed E-state index contributed by atoms with van der Waals surface area (Å²) in [6.45, 7) is 8.15. The zero-order chi connectivity index (χ0) is 41.6. The second-order valence-electron chi connectivity index (χ2n) is 15.4. The number of benzene rings is 9. The SMILES string of the molecule is [C-]#[N+]c1cc(-c2cccc(-c3nc(-c4ccccc4)nc(-c4ccc(-c5ccccc5)c(C#N)c4)n3)c2)cc(-c2ccccc2-c2cc3c4c(cccc4c2)-c2ccccc2-3)c1. The molecule has 0 atom stereocenters. The molecule has 0 saturated carbocycles. The number of rotatable bonds is 7. The Hall–Kier alpha value is -8.77. The van der Waals surface area contributed by atoms with E-state index in [1.807, 2.05) is 103 Å². The molecule has 0 bridgehead atoms. The fourth-order valence-corrected chi connectivity index (χ4v) is 8.79. The lowest BCUT2D eigenvalue weighted by molar-refractivity contribution is 1.07. The smallest absolute Gasteiger partial charge is 0.188 e. The summed E-state index contributed by atoms with van der Waals surface area (Å²) in [7, 11) is 0. The molecule has 1 aliphatic carbocycles. The van der Waals surface area contributed by atoms with Gasteiger partial charge in [0.25, 0.3) is 0 Å². The standard InChI is InChI=1S/C57H33N5/c1-59-46-32-42(31-43(33-46)48-21-8-9-22-49(48)44-29-39-19-13-25-52-50-23-10-11-24-51(50)53(34-44)54(39)52)38-18-12-20-40(28-38)56-60-55(37-16-6-3-7-17-37)61-57(62-56)41-26-27-47(45(30-41)35-58)36-14-4-2-5-15-36/h2-34H. The van der Waals surface area contributed by atoms with E-state index in [-0.39, 0.29) is 0 Å². The molecular formula is C57H33N5. The van der Waals surface area contributed by atoms with E-state index < -0.39 is 0 Å². The molecule has 1 heterocycles. The van der Waals surface area contributed by atoms with Gasteiger partial charge in [-0.25, -0.2) is 19.8 Å². The molecule has 0 amide bonds. The average molecular weight is 788 g/mol. The summed E-state index contributed by atoms with van der Waals surface area (Å²) in [5.74, 6) is 1.50. The topological polar surface area (TPSA) is 66.8 Å². The van der Waals surface area contributed by atoms with Crippen molar-refractivity contribution < 1.29 is 0 Å². The van der Waals surface area contributed by atoms with Gasteiger partial charge in [-0.15, -0.1) is 0 Å². The predicted octanol–water partition coefficient (Wildman–Crippen LogP) is 14.8. The summed E-state index contributed by atoms with van der Waals surface area (Å²) >= 11 is 0. The van der Waals surface area contributed by atoms with Crippen LogP contribution in [-0.4, -0.2) is 15.0 Å². The number of nitriles is 1. The van der Waals surface area contributed by atoms with E-state index in [0.29, 0.717) is 28.7 Å². The van der Waals surface area contributed by atoms with Gasteiger partial charge in [0.2, 0.25) is 0 Å². The normalized spacial score (nSPS) is 11.2. The molecule has 10 aromatic rings. The van der Waals surface area contributed by atoms with Gasteiger partial charge in [-0.05, 0) is 120 Å². The Kier molecular flexibility index (Phi) is 8.85. The van der Waals surface area contributed by atoms with Crippen LogP contribution in [0.3, 0.4) is 0 Å². The molecule has 0 saturated heterocycles. The van der Waals surface area contributed by atoms with Crippen molar-refractivity contribution >= 4 is 16.5 Å². The molecule has 62 heavy (non-hydrogen) atoms.